The molecule has 0 spiro atoms. The van der Waals surface area contributed by atoms with E-state index in [1.165, 1.54) is 12.8 Å². The molecule has 1 aromatic carbocycles. The molecule has 92 valence electrons. The molecule has 0 aliphatic heterocycles. The topological polar surface area (TPSA) is 67.1 Å². The summed E-state index contributed by atoms with van der Waals surface area (Å²) in [5, 5.41) is 3.05. The summed E-state index contributed by atoms with van der Waals surface area (Å²) < 4.78 is 0. The van der Waals surface area contributed by atoms with E-state index in [1.54, 1.807) is 6.07 Å². The minimum atomic E-state index is 0.00507. The molecule has 1 unspecified atom stereocenters. The third kappa shape index (κ3) is 2.77. The Balaban J connectivity index is 2.07. The number of carbonyl (C=O) groups is 1. The van der Waals surface area contributed by atoms with Crippen molar-refractivity contribution in [3.8, 4) is 0 Å². The molecule has 2 rings (SSSR count). The molecule has 1 amide bonds. The average Bonchev–Trinajstić information content (AvgIpc) is 3.12. The average molecular weight is 233 g/mol. The van der Waals surface area contributed by atoms with E-state index >= 15 is 0 Å². The van der Waals surface area contributed by atoms with Crippen molar-refractivity contribution in [3.05, 3.63) is 29.3 Å². The van der Waals surface area contributed by atoms with Crippen molar-refractivity contribution in [1.29, 1.82) is 0 Å². The lowest BCUT2D eigenvalue weighted by Gasteiger charge is -2.14. The van der Waals surface area contributed by atoms with Gasteiger partial charge in [-0.15, -0.1) is 0 Å². The van der Waals surface area contributed by atoms with Crippen LogP contribution in [0.4, 0.5) is 5.69 Å². The summed E-state index contributed by atoms with van der Waals surface area (Å²) in [7, 11) is 0. The maximum absolute atomic E-state index is 12.0. The van der Waals surface area contributed by atoms with E-state index in [4.69, 9.17) is 5.84 Å². The molecular formula is C13H19N3O. The molecule has 4 nitrogen and oxygen atoms in total. The highest BCUT2D eigenvalue weighted by Gasteiger charge is 2.29. The molecule has 1 aromatic rings. The van der Waals surface area contributed by atoms with E-state index < -0.39 is 0 Å². The monoisotopic (exact) mass is 233 g/mol. The van der Waals surface area contributed by atoms with Gasteiger partial charge in [-0.25, -0.2) is 0 Å². The standard InChI is InChI=1S/C13H19N3O/c1-8-7-11(16-14)5-6-12(8)13(17)15-9(2)10-3-4-10/h5-7,9-10,16H,3-4,14H2,1-2H3,(H,15,17). The van der Waals surface area contributed by atoms with Gasteiger partial charge in [0.1, 0.15) is 0 Å². The molecule has 4 N–H and O–H groups in total. The summed E-state index contributed by atoms with van der Waals surface area (Å²) in [6.07, 6.45) is 2.47. The number of hydrogen-bond acceptors (Lipinski definition) is 3. The number of nitrogen functional groups attached to an aromatic ring is 1. The normalized spacial score (nSPS) is 16.4. The number of benzene rings is 1. The Bertz CT molecular complexity index is 427. The van der Waals surface area contributed by atoms with Crippen LogP contribution in [0.1, 0.15) is 35.7 Å². The maximum atomic E-state index is 12.0. The first-order chi connectivity index (χ1) is 8.11. The minimum Gasteiger partial charge on any atom is -0.349 e. The molecule has 0 heterocycles. The number of aryl methyl sites for hydroxylation is 1. The van der Waals surface area contributed by atoms with E-state index in [2.05, 4.69) is 17.7 Å². The van der Waals surface area contributed by atoms with Gasteiger partial charge in [0, 0.05) is 17.3 Å². The van der Waals surface area contributed by atoms with E-state index in [-0.39, 0.29) is 11.9 Å². The van der Waals surface area contributed by atoms with Gasteiger partial charge in [-0.2, -0.15) is 0 Å². The van der Waals surface area contributed by atoms with Crippen molar-refractivity contribution in [2.24, 2.45) is 11.8 Å². The zero-order valence-corrected chi connectivity index (χ0v) is 10.3. The number of amides is 1. The second-order valence-corrected chi connectivity index (χ2v) is 4.77. The van der Waals surface area contributed by atoms with Gasteiger partial charge >= 0.3 is 0 Å². The predicted molar refractivity (Wildman–Crippen MR) is 68.6 cm³/mol. The van der Waals surface area contributed by atoms with Gasteiger partial charge in [-0.05, 0) is 56.4 Å². The molecule has 0 aromatic heterocycles. The first-order valence-corrected chi connectivity index (χ1v) is 6.00. The molecule has 1 fully saturated rings. The highest BCUT2D eigenvalue weighted by atomic mass is 16.1. The summed E-state index contributed by atoms with van der Waals surface area (Å²) in [4.78, 5) is 12.0. The Kier molecular flexibility index (Phi) is 3.33. The van der Waals surface area contributed by atoms with Gasteiger partial charge in [-0.3, -0.25) is 10.6 Å². The summed E-state index contributed by atoms with van der Waals surface area (Å²) in [5.74, 6) is 6.00. The van der Waals surface area contributed by atoms with Crippen LogP contribution in [0, 0.1) is 12.8 Å². The third-order valence-corrected chi connectivity index (χ3v) is 3.33. The van der Waals surface area contributed by atoms with Crippen molar-refractivity contribution < 1.29 is 4.79 Å². The molecule has 0 radical (unpaired) electrons. The fourth-order valence-electron chi connectivity index (χ4n) is 2.01. The predicted octanol–water partition coefficient (Wildman–Crippen LogP) is 1.81. The summed E-state index contributed by atoms with van der Waals surface area (Å²) in [6, 6.07) is 5.76. The maximum Gasteiger partial charge on any atom is 0.251 e. The number of hydrazine groups is 1. The highest BCUT2D eigenvalue weighted by Crippen LogP contribution is 2.32. The Labute approximate surface area is 102 Å². The Morgan fingerprint density at radius 1 is 1.47 bits per heavy atom. The largest absolute Gasteiger partial charge is 0.349 e. The molecule has 1 saturated carbocycles. The van der Waals surface area contributed by atoms with Crippen LogP contribution in [0.25, 0.3) is 0 Å². The Hall–Kier alpha value is -1.55. The highest BCUT2D eigenvalue weighted by molar-refractivity contribution is 5.96. The lowest BCUT2D eigenvalue weighted by Crippen LogP contribution is -2.34. The molecule has 17 heavy (non-hydrogen) atoms. The van der Waals surface area contributed by atoms with Gasteiger partial charge in [0.15, 0.2) is 0 Å². The van der Waals surface area contributed by atoms with Crippen LogP contribution in [0.15, 0.2) is 18.2 Å². The van der Waals surface area contributed by atoms with Crippen LogP contribution in [0.2, 0.25) is 0 Å². The van der Waals surface area contributed by atoms with E-state index in [0.717, 1.165) is 16.8 Å². The number of anilines is 1. The van der Waals surface area contributed by atoms with Crippen LogP contribution < -0.4 is 16.6 Å². The van der Waals surface area contributed by atoms with E-state index in [0.29, 0.717) is 5.92 Å². The summed E-state index contributed by atoms with van der Waals surface area (Å²) in [6.45, 7) is 3.98. The molecule has 0 saturated heterocycles. The fraction of sp³-hybridized carbons (Fsp3) is 0.462. The van der Waals surface area contributed by atoms with Crippen molar-refractivity contribution in [2.75, 3.05) is 5.43 Å². The second-order valence-electron chi connectivity index (χ2n) is 4.77. The van der Waals surface area contributed by atoms with E-state index in [9.17, 15) is 4.79 Å². The SMILES string of the molecule is Cc1cc(NN)ccc1C(=O)NC(C)C1CC1. The number of carbonyl (C=O) groups excluding carboxylic acids is 1. The Morgan fingerprint density at radius 2 is 2.18 bits per heavy atom. The quantitative estimate of drug-likeness (QED) is 0.549. The van der Waals surface area contributed by atoms with Gasteiger partial charge in [0.25, 0.3) is 5.91 Å². The van der Waals surface area contributed by atoms with Crippen molar-refractivity contribution in [3.63, 3.8) is 0 Å². The molecule has 0 bridgehead atoms. The molecule has 1 aliphatic carbocycles. The van der Waals surface area contributed by atoms with Crippen LogP contribution in [0.5, 0.6) is 0 Å². The number of rotatable bonds is 4. The van der Waals surface area contributed by atoms with Crippen molar-refractivity contribution in [2.45, 2.75) is 32.7 Å². The number of hydrogen-bond donors (Lipinski definition) is 3. The lowest BCUT2D eigenvalue weighted by atomic mass is 10.1. The Morgan fingerprint density at radius 3 is 2.71 bits per heavy atom. The first-order valence-electron chi connectivity index (χ1n) is 6.00. The molecule has 1 aliphatic rings. The summed E-state index contributed by atoms with van der Waals surface area (Å²) >= 11 is 0. The van der Waals surface area contributed by atoms with Gasteiger partial charge in [0.2, 0.25) is 0 Å². The second kappa shape index (κ2) is 4.75. The third-order valence-electron chi connectivity index (χ3n) is 3.33. The minimum absolute atomic E-state index is 0.00507. The smallest absolute Gasteiger partial charge is 0.251 e. The van der Waals surface area contributed by atoms with Gasteiger partial charge in [0.05, 0.1) is 0 Å². The number of nitrogens with two attached hydrogens (primary N) is 1. The first kappa shape index (κ1) is 11.9. The van der Waals surface area contributed by atoms with Gasteiger partial charge in [-0.1, -0.05) is 0 Å². The van der Waals surface area contributed by atoms with Crippen LogP contribution in [0.3, 0.4) is 0 Å². The summed E-state index contributed by atoms with van der Waals surface area (Å²) in [5.41, 5.74) is 5.04. The zero-order valence-electron chi connectivity index (χ0n) is 10.3. The zero-order chi connectivity index (χ0) is 12.4. The lowest BCUT2D eigenvalue weighted by molar-refractivity contribution is 0.0935. The van der Waals surface area contributed by atoms with Crippen LogP contribution in [-0.4, -0.2) is 11.9 Å². The van der Waals surface area contributed by atoms with Crippen LogP contribution >= 0.6 is 0 Å². The van der Waals surface area contributed by atoms with Crippen molar-refractivity contribution >= 4 is 11.6 Å². The molecular weight excluding hydrogens is 214 g/mol. The fourth-order valence-corrected chi connectivity index (χ4v) is 2.01. The van der Waals surface area contributed by atoms with Crippen LogP contribution in [-0.2, 0) is 0 Å². The molecule has 1 atom stereocenters. The van der Waals surface area contributed by atoms with Crippen molar-refractivity contribution in [1.82, 2.24) is 5.32 Å². The molecule has 4 heteroatoms. The number of nitrogens with one attached hydrogen (secondary N) is 2. The van der Waals surface area contributed by atoms with Gasteiger partial charge < -0.3 is 10.7 Å². The van der Waals surface area contributed by atoms with E-state index in [1.807, 2.05) is 19.1 Å².